The summed E-state index contributed by atoms with van der Waals surface area (Å²) in [5.41, 5.74) is 6.72. The summed E-state index contributed by atoms with van der Waals surface area (Å²) in [5, 5.41) is 7.39. The van der Waals surface area contributed by atoms with Crippen molar-refractivity contribution in [2.24, 2.45) is 11.7 Å². The van der Waals surface area contributed by atoms with Crippen LogP contribution >= 0.6 is 0 Å². The Morgan fingerprint density at radius 1 is 1.50 bits per heavy atom. The molecule has 3 N–H and O–H groups in total. The molecule has 1 aromatic rings. The predicted molar refractivity (Wildman–Crippen MR) is 66.3 cm³/mol. The van der Waals surface area contributed by atoms with E-state index in [1.54, 1.807) is 12.4 Å². The largest absolute Gasteiger partial charge is 0.387 e. The lowest BCUT2D eigenvalue weighted by Crippen LogP contribution is -2.34. The van der Waals surface area contributed by atoms with E-state index >= 15 is 0 Å². The summed E-state index contributed by atoms with van der Waals surface area (Å²) < 4.78 is 0. The van der Waals surface area contributed by atoms with Gasteiger partial charge in [-0.2, -0.15) is 0 Å². The normalized spacial score (nSPS) is 12.7. The Morgan fingerprint density at radius 3 is 2.62 bits per heavy atom. The van der Waals surface area contributed by atoms with Crippen LogP contribution in [-0.4, -0.2) is 28.8 Å². The van der Waals surface area contributed by atoms with Crippen molar-refractivity contribution in [3.63, 3.8) is 0 Å². The molecule has 0 amide bonds. The van der Waals surface area contributed by atoms with Crippen molar-refractivity contribution in [2.75, 3.05) is 13.1 Å². The lowest BCUT2D eigenvalue weighted by molar-refractivity contribution is 0.263. The second-order valence-corrected chi connectivity index (χ2v) is 4.04. The first-order valence-corrected chi connectivity index (χ1v) is 5.58. The standard InChI is InChI=1S/C12H20N4/c1-3-16(8-10(2)12(13)14)9-11-4-6-15-7-5-11/h4-7,10H,3,8-9H2,1-2H3,(H3,13,14). The first kappa shape index (κ1) is 12.6. The number of pyridine rings is 1. The van der Waals surface area contributed by atoms with Crippen LogP contribution in [0.25, 0.3) is 0 Å². The monoisotopic (exact) mass is 220 g/mol. The van der Waals surface area contributed by atoms with Gasteiger partial charge in [-0.1, -0.05) is 13.8 Å². The molecule has 0 fully saturated rings. The summed E-state index contributed by atoms with van der Waals surface area (Å²) in [5.74, 6) is 0.370. The maximum atomic E-state index is 7.39. The maximum absolute atomic E-state index is 7.39. The molecule has 1 unspecified atom stereocenters. The van der Waals surface area contributed by atoms with E-state index in [0.29, 0.717) is 0 Å². The third-order valence-electron chi connectivity index (χ3n) is 2.67. The lowest BCUT2D eigenvalue weighted by Gasteiger charge is -2.23. The van der Waals surface area contributed by atoms with Crippen LogP contribution in [0.2, 0.25) is 0 Å². The zero-order chi connectivity index (χ0) is 12.0. The molecule has 1 rings (SSSR count). The van der Waals surface area contributed by atoms with Gasteiger partial charge in [0.1, 0.15) is 0 Å². The fraction of sp³-hybridized carbons (Fsp3) is 0.500. The van der Waals surface area contributed by atoms with Gasteiger partial charge in [-0.25, -0.2) is 0 Å². The highest BCUT2D eigenvalue weighted by Gasteiger charge is 2.11. The van der Waals surface area contributed by atoms with E-state index < -0.39 is 0 Å². The highest BCUT2D eigenvalue weighted by Crippen LogP contribution is 2.06. The summed E-state index contributed by atoms with van der Waals surface area (Å²) in [6.45, 7) is 6.77. The number of nitrogens with one attached hydrogen (secondary N) is 1. The average molecular weight is 220 g/mol. The molecule has 1 heterocycles. The molecule has 0 spiro atoms. The minimum absolute atomic E-state index is 0.113. The van der Waals surface area contributed by atoms with Gasteiger partial charge in [0.2, 0.25) is 0 Å². The minimum atomic E-state index is 0.113. The van der Waals surface area contributed by atoms with E-state index in [1.807, 2.05) is 19.1 Å². The van der Waals surface area contributed by atoms with Gasteiger partial charge in [0.25, 0.3) is 0 Å². The fourth-order valence-corrected chi connectivity index (χ4v) is 1.54. The summed E-state index contributed by atoms with van der Waals surface area (Å²) >= 11 is 0. The number of rotatable bonds is 6. The topological polar surface area (TPSA) is 66.0 Å². The van der Waals surface area contributed by atoms with Gasteiger partial charge in [0.15, 0.2) is 0 Å². The zero-order valence-electron chi connectivity index (χ0n) is 9.98. The number of nitrogens with two attached hydrogens (primary N) is 1. The predicted octanol–water partition coefficient (Wildman–Crippen LogP) is 1.48. The van der Waals surface area contributed by atoms with Gasteiger partial charge in [-0.15, -0.1) is 0 Å². The molecule has 4 nitrogen and oxygen atoms in total. The van der Waals surface area contributed by atoms with E-state index in [-0.39, 0.29) is 11.8 Å². The van der Waals surface area contributed by atoms with Crippen molar-refractivity contribution < 1.29 is 0 Å². The van der Waals surface area contributed by atoms with Crippen LogP contribution in [0, 0.1) is 11.3 Å². The van der Waals surface area contributed by atoms with Crippen molar-refractivity contribution >= 4 is 5.84 Å². The minimum Gasteiger partial charge on any atom is -0.387 e. The third-order valence-corrected chi connectivity index (χ3v) is 2.67. The van der Waals surface area contributed by atoms with Crippen LogP contribution in [0.4, 0.5) is 0 Å². The number of nitrogens with zero attached hydrogens (tertiary/aromatic N) is 2. The van der Waals surface area contributed by atoms with Crippen LogP contribution in [0.5, 0.6) is 0 Å². The molecular weight excluding hydrogens is 200 g/mol. The second kappa shape index (κ2) is 6.23. The molecule has 0 saturated carbocycles. The van der Waals surface area contributed by atoms with Crippen molar-refractivity contribution in [1.82, 2.24) is 9.88 Å². The summed E-state index contributed by atoms with van der Waals surface area (Å²) in [4.78, 5) is 6.27. The molecule has 4 heteroatoms. The quantitative estimate of drug-likeness (QED) is 0.563. The Hall–Kier alpha value is -1.42. The molecule has 1 aromatic heterocycles. The van der Waals surface area contributed by atoms with E-state index in [4.69, 9.17) is 11.1 Å². The Kier molecular flexibility index (Phi) is 4.92. The van der Waals surface area contributed by atoms with Crippen molar-refractivity contribution in [3.05, 3.63) is 30.1 Å². The Labute approximate surface area is 97.0 Å². The molecule has 0 aliphatic rings. The maximum Gasteiger partial charge on any atom is 0.0947 e. The van der Waals surface area contributed by atoms with Gasteiger partial charge in [-0.3, -0.25) is 15.3 Å². The summed E-state index contributed by atoms with van der Waals surface area (Å²) in [6.07, 6.45) is 3.61. The Balaban J connectivity index is 2.53. The summed E-state index contributed by atoms with van der Waals surface area (Å²) in [7, 11) is 0. The van der Waals surface area contributed by atoms with Crippen LogP contribution in [-0.2, 0) is 6.54 Å². The van der Waals surface area contributed by atoms with E-state index in [1.165, 1.54) is 5.56 Å². The van der Waals surface area contributed by atoms with Crippen LogP contribution in [0.3, 0.4) is 0 Å². The smallest absolute Gasteiger partial charge is 0.0947 e. The molecule has 0 bridgehead atoms. The molecule has 16 heavy (non-hydrogen) atoms. The van der Waals surface area contributed by atoms with Crippen LogP contribution < -0.4 is 5.73 Å². The van der Waals surface area contributed by atoms with E-state index in [2.05, 4.69) is 16.8 Å². The van der Waals surface area contributed by atoms with Gasteiger partial charge in [-0.05, 0) is 24.2 Å². The number of hydrogen-bond acceptors (Lipinski definition) is 3. The van der Waals surface area contributed by atoms with Crippen molar-refractivity contribution in [1.29, 1.82) is 5.41 Å². The number of aromatic nitrogens is 1. The molecule has 88 valence electrons. The molecule has 1 atom stereocenters. The number of hydrogen-bond donors (Lipinski definition) is 2. The van der Waals surface area contributed by atoms with Gasteiger partial charge in [0, 0.05) is 31.4 Å². The van der Waals surface area contributed by atoms with Gasteiger partial charge in [0.05, 0.1) is 5.84 Å². The van der Waals surface area contributed by atoms with Gasteiger partial charge >= 0.3 is 0 Å². The first-order chi connectivity index (χ1) is 7.63. The molecule has 0 aromatic carbocycles. The fourth-order valence-electron chi connectivity index (χ4n) is 1.54. The zero-order valence-corrected chi connectivity index (χ0v) is 9.98. The SMILES string of the molecule is CCN(Cc1ccncc1)CC(C)C(=N)N. The second-order valence-electron chi connectivity index (χ2n) is 4.04. The average Bonchev–Trinajstić information content (AvgIpc) is 2.29. The third kappa shape index (κ3) is 3.98. The van der Waals surface area contributed by atoms with Crippen LogP contribution in [0.15, 0.2) is 24.5 Å². The molecule has 0 aliphatic carbocycles. The highest BCUT2D eigenvalue weighted by molar-refractivity contribution is 5.79. The highest BCUT2D eigenvalue weighted by atomic mass is 15.1. The molecule has 0 radical (unpaired) electrons. The van der Waals surface area contributed by atoms with Crippen LogP contribution in [0.1, 0.15) is 19.4 Å². The van der Waals surface area contributed by atoms with Crippen molar-refractivity contribution in [3.8, 4) is 0 Å². The van der Waals surface area contributed by atoms with E-state index in [9.17, 15) is 0 Å². The van der Waals surface area contributed by atoms with Gasteiger partial charge < -0.3 is 5.73 Å². The molecular formula is C12H20N4. The lowest BCUT2D eigenvalue weighted by atomic mass is 10.1. The first-order valence-electron chi connectivity index (χ1n) is 5.58. The van der Waals surface area contributed by atoms with Crippen molar-refractivity contribution in [2.45, 2.75) is 20.4 Å². The molecule has 0 aliphatic heterocycles. The summed E-state index contributed by atoms with van der Waals surface area (Å²) in [6, 6.07) is 4.03. The Morgan fingerprint density at radius 2 is 2.12 bits per heavy atom. The van der Waals surface area contributed by atoms with E-state index in [0.717, 1.165) is 19.6 Å². The molecule has 0 saturated heterocycles. The Bertz CT molecular complexity index is 323. The number of amidine groups is 1.